The van der Waals surface area contributed by atoms with Crippen LogP contribution in [0, 0.1) is 13.8 Å². The van der Waals surface area contributed by atoms with E-state index in [4.69, 9.17) is 0 Å². The molecule has 3 rings (SSSR count). The second kappa shape index (κ2) is 7.70. The molecule has 1 fully saturated rings. The summed E-state index contributed by atoms with van der Waals surface area (Å²) < 4.78 is 29.5. The van der Waals surface area contributed by atoms with Crippen LogP contribution < -0.4 is 10.1 Å². The van der Waals surface area contributed by atoms with E-state index in [1.54, 1.807) is 18.2 Å². The second-order valence-corrected chi connectivity index (χ2v) is 6.72. The highest BCUT2D eigenvalue weighted by atomic mass is 32.2. The molecule has 2 aromatic rings. The van der Waals surface area contributed by atoms with Crippen LogP contribution in [0.25, 0.3) is 6.08 Å². The van der Waals surface area contributed by atoms with Crippen molar-refractivity contribution in [2.45, 2.75) is 20.5 Å². The lowest BCUT2D eigenvalue weighted by Gasteiger charge is -2.07. The molecule has 4 nitrogen and oxygen atoms in total. The first kappa shape index (κ1) is 18.1. The lowest BCUT2D eigenvalue weighted by atomic mass is 10.1. The fraction of sp³-hybridized carbons (Fsp3) is 0.158. The molecule has 1 aliphatic heterocycles. The predicted molar refractivity (Wildman–Crippen MR) is 99.8 cm³/mol. The lowest BCUT2D eigenvalue weighted by Crippen LogP contribution is -2.19. The van der Waals surface area contributed by atoms with Gasteiger partial charge in [-0.15, -0.1) is 0 Å². The van der Waals surface area contributed by atoms with Gasteiger partial charge in [0.25, 0.3) is 5.91 Å². The molecule has 0 bridgehead atoms. The number of benzene rings is 2. The Morgan fingerprint density at radius 3 is 2.73 bits per heavy atom. The van der Waals surface area contributed by atoms with Gasteiger partial charge >= 0.3 is 6.61 Å². The normalized spacial score (nSPS) is 17.2. The number of aryl methyl sites for hydroxylation is 2. The van der Waals surface area contributed by atoms with Crippen LogP contribution in [0.1, 0.15) is 16.7 Å². The molecule has 1 heterocycles. The molecule has 0 aliphatic carbocycles. The van der Waals surface area contributed by atoms with Gasteiger partial charge in [0, 0.05) is 5.56 Å². The summed E-state index contributed by atoms with van der Waals surface area (Å²) in [5.74, 6) is -0.311. The monoisotopic (exact) mass is 374 g/mol. The number of aliphatic imine (C=N–C) groups is 1. The zero-order chi connectivity index (χ0) is 18.7. The highest BCUT2D eigenvalue weighted by Gasteiger charge is 2.24. The summed E-state index contributed by atoms with van der Waals surface area (Å²) in [5, 5.41) is 3.14. The maximum absolute atomic E-state index is 12.5. The van der Waals surface area contributed by atoms with Gasteiger partial charge in [0.1, 0.15) is 5.75 Å². The number of nitrogens with zero attached hydrogens (tertiary/aromatic N) is 1. The number of para-hydroxylation sites is 1. The zero-order valence-electron chi connectivity index (χ0n) is 14.1. The van der Waals surface area contributed by atoms with Crippen molar-refractivity contribution in [2.75, 3.05) is 0 Å². The zero-order valence-corrected chi connectivity index (χ0v) is 14.9. The predicted octanol–water partition coefficient (Wildman–Crippen LogP) is 4.80. The Hall–Kier alpha value is -2.67. The number of carbonyl (C=O) groups is 1. The highest BCUT2D eigenvalue weighted by Crippen LogP contribution is 2.31. The molecular weight excluding hydrogens is 358 g/mol. The topological polar surface area (TPSA) is 50.7 Å². The summed E-state index contributed by atoms with van der Waals surface area (Å²) in [6, 6.07) is 12.2. The lowest BCUT2D eigenvalue weighted by molar-refractivity contribution is -0.115. The van der Waals surface area contributed by atoms with Crippen LogP contribution >= 0.6 is 11.8 Å². The molecule has 1 saturated heterocycles. The number of thioether (sulfide) groups is 1. The summed E-state index contributed by atoms with van der Waals surface area (Å²) in [7, 11) is 0. The number of halogens is 2. The third-order valence-corrected chi connectivity index (χ3v) is 4.57. The maximum atomic E-state index is 12.5. The van der Waals surface area contributed by atoms with E-state index < -0.39 is 6.61 Å². The van der Waals surface area contributed by atoms with Crippen LogP contribution in [0.5, 0.6) is 5.75 Å². The van der Waals surface area contributed by atoms with Gasteiger partial charge < -0.3 is 10.1 Å². The molecule has 0 aromatic heterocycles. The molecule has 1 aliphatic rings. The summed E-state index contributed by atoms with van der Waals surface area (Å²) in [5.41, 5.74) is 3.23. The Bertz CT molecular complexity index is 910. The van der Waals surface area contributed by atoms with E-state index in [-0.39, 0.29) is 11.7 Å². The summed E-state index contributed by atoms with van der Waals surface area (Å²) in [6.45, 7) is 0.977. The van der Waals surface area contributed by atoms with Gasteiger partial charge in [0.05, 0.1) is 10.6 Å². The fourth-order valence-corrected chi connectivity index (χ4v) is 3.20. The molecule has 1 amide bonds. The third kappa shape index (κ3) is 4.29. The van der Waals surface area contributed by atoms with Crippen molar-refractivity contribution in [3.05, 3.63) is 64.1 Å². The minimum atomic E-state index is -2.93. The number of nitrogens with one attached hydrogen (secondary N) is 1. The molecule has 134 valence electrons. The highest BCUT2D eigenvalue weighted by molar-refractivity contribution is 8.18. The first-order valence-corrected chi connectivity index (χ1v) is 8.65. The number of carbonyl (C=O) groups excluding carboxylic acids is 1. The van der Waals surface area contributed by atoms with Crippen molar-refractivity contribution in [2.24, 2.45) is 4.99 Å². The third-order valence-electron chi connectivity index (χ3n) is 3.66. The number of ether oxygens (including phenoxy) is 1. The quantitative estimate of drug-likeness (QED) is 0.783. The standard InChI is InChI=1S/C19H16F2N2O2S/c1-11-7-8-12(2)14(9-11)22-19-23-17(24)16(26-19)10-13-5-3-4-6-15(13)25-18(20)21/h3-10,18H,1-2H3,(H,22,23,24)/b16-10+. The number of rotatable bonds is 4. The Balaban J connectivity index is 1.88. The van der Waals surface area contributed by atoms with E-state index in [1.807, 2.05) is 32.0 Å². The van der Waals surface area contributed by atoms with E-state index in [9.17, 15) is 13.6 Å². The summed E-state index contributed by atoms with van der Waals surface area (Å²) in [6.07, 6.45) is 1.52. The van der Waals surface area contributed by atoms with Gasteiger partial charge in [-0.3, -0.25) is 4.79 Å². The second-order valence-electron chi connectivity index (χ2n) is 5.69. The number of hydrogen-bond donors (Lipinski definition) is 1. The van der Waals surface area contributed by atoms with Gasteiger partial charge in [0.15, 0.2) is 5.17 Å². The van der Waals surface area contributed by atoms with Gasteiger partial charge in [0.2, 0.25) is 0 Å². The molecule has 0 atom stereocenters. The van der Waals surface area contributed by atoms with Gasteiger partial charge in [-0.25, -0.2) is 4.99 Å². The molecule has 7 heteroatoms. The van der Waals surface area contributed by atoms with Crippen molar-refractivity contribution in [3.8, 4) is 5.75 Å². The van der Waals surface area contributed by atoms with Crippen LogP contribution in [0.3, 0.4) is 0 Å². The smallest absolute Gasteiger partial charge is 0.387 e. The molecule has 0 radical (unpaired) electrons. The summed E-state index contributed by atoms with van der Waals surface area (Å²) >= 11 is 1.16. The van der Waals surface area contributed by atoms with Crippen LogP contribution in [0.2, 0.25) is 0 Å². The van der Waals surface area contributed by atoms with Gasteiger partial charge in [-0.05, 0) is 54.9 Å². The van der Waals surface area contributed by atoms with Crippen molar-refractivity contribution >= 4 is 34.6 Å². The first-order valence-electron chi connectivity index (χ1n) is 7.83. The van der Waals surface area contributed by atoms with Crippen LogP contribution in [0.15, 0.2) is 52.4 Å². The maximum Gasteiger partial charge on any atom is 0.387 e. The molecule has 0 unspecified atom stereocenters. The Morgan fingerprint density at radius 2 is 1.96 bits per heavy atom. The minimum absolute atomic E-state index is 0.0170. The van der Waals surface area contributed by atoms with E-state index >= 15 is 0 Å². The molecule has 26 heavy (non-hydrogen) atoms. The van der Waals surface area contributed by atoms with Crippen molar-refractivity contribution in [3.63, 3.8) is 0 Å². The van der Waals surface area contributed by atoms with Gasteiger partial charge in [-0.1, -0.05) is 30.3 Å². The van der Waals surface area contributed by atoms with Crippen LogP contribution in [-0.4, -0.2) is 17.7 Å². The van der Waals surface area contributed by atoms with Gasteiger partial charge in [-0.2, -0.15) is 8.78 Å². The minimum Gasteiger partial charge on any atom is -0.434 e. The molecule has 1 N–H and O–H groups in total. The largest absolute Gasteiger partial charge is 0.434 e. The van der Waals surface area contributed by atoms with Crippen molar-refractivity contribution in [1.29, 1.82) is 0 Å². The Morgan fingerprint density at radius 1 is 1.19 bits per heavy atom. The average Bonchev–Trinajstić information content (AvgIpc) is 2.92. The number of alkyl halides is 2. The molecule has 2 aromatic carbocycles. The SMILES string of the molecule is Cc1ccc(C)c(N=C2NC(=O)/C(=C\c3ccccc3OC(F)F)S2)c1. The first-order chi connectivity index (χ1) is 12.4. The molecule has 0 saturated carbocycles. The number of hydrogen-bond acceptors (Lipinski definition) is 4. The van der Waals surface area contributed by atoms with Crippen molar-refractivity contribution < 1.29 is 18.3 Å². The number of amides is 1. The van der Waals surface area contributed by atoms with Crippen LogP contribution in [0.4, 0.5) is 14.5 Å². The molecule has 0 spiro atoms. The van der Waals surface area contributed by atoms with E-state index in [2.05, 4.69) is 15.0 Å². The average molecular weight is 374 g/mol. The van der Waals surface area contributed by atoms with Crippen LogP contribution in [-0.2, 0) is 4.79 Å². The molecular formula is C19H16F2N2O2S. The fourth-order valence-electron chi connectivity index (χ4n) is 2.37. The van der Waals surface area contributed by atoms with E-state index in [1.165, 1.54) is 12.1 Å². The Kier molecular flexibility index (Phi) is 5.37. The van der Waals surface area contributed by atoms with E-state index in [0.717, 1.165) is 28.6 Å². The van der Waals surface area contributed by atoms with E-state index in [0.29, 0.717) is 15.6 Å². The summed E-state index contributed by atoms with van der Waals surface area (Å²) in [4.78, 5) is 17.0. The van der Waals surface area contributed by atoms with Crippen molar-refractivity contribution in [1.82, 2.24) is 5.32 Å². The number of amidine groups is 1. The Labute approximate surface area is 154 Å².